The molecule has 2 aliphatic rings. The third kappa shape index (κ3) is 5.82. The van der Waals surface area contributed by atoms with Crippen LogP contribution in [0.25, 0.3) is 0 Å². The lowest BCUT2D eigenvalue weighted by Gasteiger charge is -2.21. The Kier molecular flexibility index (Phi) is 7.05. The van der Waals surface area contributed by atoms with E-state index < -0.39 is 6.10 Å². The molecule has 0 amide bonds. The topological polar surface area (TPSA) is 48.0 Å². The van der Waals surface area contributed by atoms with Crippen LogP contribution in [0.3, 0.4) is 0 Å². The molecule has 0 bridgehead atoms. The van der Waals surface area contributed by atoms with Gasteiger partial charge in [-0.05, 0) is 62.2 Å². The van der Waals surface area contributed by atoms with Gasteiger partial charge in [0, 0.05) is 32.7 Å². The molecule has 2 N–H and O–H groups in total. The minimum atomic E-state index is -0.447. The standard InChI is InChI=1S/C25H35N3O2/c1-19-3-5-20(6-4-19)13-27(2)14-21-7-9-25(10-8-21)30-18-24(29)17-28-15-22-11-26-12-23(22)16-28/h3-10,22-24,26,29H,11-18H2,1-2H3/t22-,23+,24?. The van der Waals surface area contributed by atoms with Gasteiger partial charge in [0.05, 0.1) is 0 Å². The van der Waals surface area contributed by atoms with Crippen LogP contribution >= 0.6 is 0 Å². The number of hydrogen-bond acceptors (Lipinski definition) is 5. The minimum Gasteiger partial charge on any atom is -0.491 e. The highest BCUT2D eigenvalue weighted by molar-refractivity contribution is 5.27. The van der Waals surface area contributed by atoms with E-state index in [1.54, 1.807) is 0 Å². The number of likely N-dealkylation sites (tertiary alicyclic amines) is 1. The second-order valence-corrected chi connectivity index (χ2v) is 9.16. The number of rotatable bonds is 9. The zero-order valence-corrected chi connectivity index (χ0v) is 18.3. The van der Waals surface area contributed by atoms with E-state index in [0.717, 1.165) is 56.9 Å². The van der Waals surface area contributed by atoms with Crippen molar-refractivity contribution in [3.63, 3.8) is 0 Å². The molecule has 2 heterocycles. The lowest BCUT2D eigenvalue weighted by Crippen LogP contribution is -2.36. The quantitative estimate of drug-likeness (QED) is 0.667. The smallest absolute Gasteiger partial charge is 0.119 e. The zero-order valence-electron chi connectivity index (χ0n) is 18.3. The van der Waals surface area contributed by atoms with Crippen LogP contribution in [0.2, 0.25) is 0 Å². The van der Waals surface area contributed by atoms with Gasteiger partial charge in [0.1, 0.15) is 18.5 Å². The number of aliphatic hydroxyl groups excluding tert-OH is 1. The molecule has 2 aromatic carbocycles. The molecule has 0 aliphatic carbocycles. The lowest BCUT2D eigenvalue weighted by atomic mass is 10.0. The number of aryl methyl sites for hydroxylation is 1. The van der Waals surface area contributed by atoms with Gasteiger partial charge in [0.25, 0.3) is 0 Å². The Morgan fingerprint density at radius 1 is 1.00 bits per heavy atom. The molecule has 2 aromatic rings. The van der Waals surface area contributed by atoms with E-state index in [9.17, 15) is 5.11 Å². The van der Waals surface area contributed by atoms with Crippen LogP contribution in [0.1, 0.15) is 16.7 Å². The lowest BCUT2D eigenvalue weighted by molar-refractivity contribution is 0.0736. The van der Waals surface area contributed by atoms with Crippen molar-refractivity contribution >= 4 is 0 Å². The molecule has 0 aromatic heterocycles. The Hall–Kier alpha value is -1.92. The predicted molar refractivity (Wildman–Crippen MR) is 121 cm³/mol. The highest BCUT2D eigenvalue weighted by atomic mass is 16.5. The number of aliphatic hydroxyl groups is 1. The number of fused-ring (bicyclic) bond motifs is 1. The monoisotopic (exact) mass is 409 g/mol. The van der Waals surface area contributed by atoms with Gasteiger partial charge in [-0.15, -0.1) is 0 Å². The first-order valence-corrected chi connectivity index (χ1v) is 11.1. The molecule has 2 aliphatic heterocycles. The van der Waals surface area contributed by atoms with Crippen LogP contribution in [0, 0.1) is 18.8 Å². The number of nitrogens with zero attached hydrogens (tertiary/aromatic N) is 2. The maximum absolute atomic E-state index is 10.4. The van der Waals surface area contributed by atoms with Gasteiger partial charge in [-0.3, -0.25) is 9.80 Å². The Bertz CT molecular complexity index is 781. The van der Waals surface area contributed by atoms with Crippen LogP contribution in [-0.2, 0) is 13.1 Å². The molecule has 5 heteroatoms. The van der Waals surface area contributed by atoms with Gasteiger partial charge >= 0.3 is 0 Å². The van der Waals surface area contributed by atoms with Crippen molar-refractivity contribution in [2.75, 3.05) is 46.4 Å². The van der Waals surface area contributed by atoms with Gasteiger partial charge in [-0.25, -0.2) is 0 Å². The number of β-amino-alcohol motifs (C(OH)–C–C–N with tert-alkyl or cyclic N) is 1. The van der Waals surface area contributed by atoms with Crippen molar-refractivity contribution in [2.45, 2.75) is 26.1 Å². The summed E-state index contributed by atoms with van der Waals surface area (Å²) >= 11 is 0. The fourth-order valence-electron chi connectivity index (χ4n) is 4.71. The first kappa shape index (κ1) is 21.3. The summed E-state index contributed by atoms with van der Waals surface area (Å²) in [5.74, 6) is 2.34. The molecule has 0 saturated carbocycles. The van der Waals surface area contributed by atoms with Crippen molar-refractivity contribution in [1.29, 1.82) is 0 Å². The molecular formula is C25H35N3O2. The largest absolute Gasteiger partial charge is 0.491 e. The molecule has 5 nitrogen and oxygen atoms in total. The normalized spacial score (nSPS) is 22.4. The van der Waals surface area contributed by atoms with Crippen molar-refractivity contribution in [2.24, 2.45) is 11.8 Å². The van der Waals surface area contributed by atoms with E-state index >= 15 is 0 Å². The van der Waals surface area contributed by atoms with E-state index in [0.29, 0.717) is 13.2 Å². The molecule has 1 unspecified atom stereocenters. The highest BCUT2D eigenvalue weighted by Gasteiger charge is 2.36. The predicted octanol–water partition coefficient (Wildman–Crippen LogP) is 2.52. The summed E-state index contributed by atoms with van der Waals surface area (Å²) in [5.41, 5.74) is 3.88. The van der Waals surface area contributed by atoms with Crippen molar-refractivity contribution in [3.05, 3.63) is 65.2 Å². The van der Waals surface area contributed by atoms with Crippen LogP contribution in [-0.4, -0.2) is 67.4 Å². The van der Waals surface area contributed by atoms with E-state index in [-0.39, 0.29) is 0 Å². The molecule has 4 rings (SSSR count). The summed E-state index contributed by atoms with van der Waals surface area (Å²) in [6.07, 6.45) is -0.447. The molecule has 0 spiro atoms. The summed E-state index contributed by atoms with van der Waals surface area (Å²) in [5, 5.41) is 13.8. The van der Waals surface area contributed by atoms with Crippen LogP contribution in [0.4, 0.5) is 0 Å². The molecule has 2 saturated heterocycles. The summed E-state index contributed by atoms with van der Waals surface area (Å²) < 4.78 is 5.84. The number of nitrogens with one attached hydrogen (secondary N) is 1. The zero-order chi connectivity index (χ0) is 20.9. The van der Waals surface area contributed by atoms with Crippen molar-refractivity contribution < 1.29 is 9.84 Å². The second kappa shape index (κ2) is 9.92. The summed E-state index contributed by atoms with van der Waals surface area (Å²) in [6, 6.07) is 17.0. The van der Waals surface area contributed by atoms with Gasteiger partial charge in [-0.2, -0.15) is 0 Å². The maximum Gasteiger partial charge on any atom is 0.119 e. The summed E-state index contributed by atoms with van der Waals surface area (Å²) in [7, 11) is 2.14. The molecule has 0 radical (unpaired) electrons. The van der Waals surface area contributed by atoms with Crippen LogP contribution in [0.5, 0.6) is 5.75 Å². The second-order valence-electron chi connectivity index (χ2n) is 9.16. The Morgan fingerprint density at radius 3 is 2.17 bits per heavy atom. The number of benzene rings is 2. The molecular weight excluding hydrogens is 374 g/mol. The molecule has 30 heavy (non-hydrogen) atoms. The van der Waals surface area contributed by atoms with Crippen molar-refractivity contribution in [1.82, 2.24) is 15.1 Å². The highest BCUT2D eigenvalue weighted by Crippen LogP contribution is 2.26. The first-order valence-electron chi connectivity index (χ1n) is 11.1. The molecule has 2 fully saturated rings. The van der Waals surface area contributed by atoms with Crippen LogP contribution < -0.4 is 10.1 Å². The number of hydrogen-bond donors (Lipinski definition) is 2. The minimum absolute atomic E-state index is 0.344. The first-order chi connectivity index (χ1) is 14.5. The Labute approximate surface area is 180 Å². The average Bonchev–Trinajstić information content (AvgIpc) is 3.31. The molecule has 162 valence electrons. The summed E-state index contributed by atoms with van der Waals surface area (Å²) in [4.78, 5) is 4.70. The van der Waals surface area contributed by atoms with Crippen LogP contribution in [0.15, 0.2) is 48.5 Å². The third-order valence-corrected chi connectivity index (χ3v) is 6.33. The van der Waals surface area contributed by atoms with Gasteiger partial charge < -0.3 is 15.2 Å². The Morgan fingerprint density at radius 2 is 1.57 bits per heavy atom. The summed E-state index contributed by atoms with van der Waals surface area (Å²) in [6.45, 7) is 9.43. The van der Waals surface area contributed by atoms with E-state index in [4.69, 9.17) is 4.74 Å². The molecule has 3 atom stereocenters. The van der Waals surface area contributed by atoms with Gasteiger partial charge in [0.2, 0.25) is 0 Å². The van der Waals surface area contributed by atoms with E-state index in [2.05, 4.69) is 65.5 Å². The van der Waals surface area contributed by atoms with E-state index in [1.165, 1.54) is 16.7 Å². The fourth-order valence-corrected chi connectivity index (χ4v) is 4.71. The SMILES string of the molecule is Cc1ccc(CN(C)Cc2ccc(OCC(O)CN3C[C@H]4CNC[C@H]4C3)cc2)cc1. The van der Waals surface area contributed by atoms with Crippen molar-refractivity contribution in [3.8, 4) is 5.75 Å². The average molecular weight is 410 g/mol. The third-order valence-electron chi connectivity index (χ3n) is 6.33. The van der Waals surface area contributed by atoms with Gasteiger partial charge in [0.15, 0.2) is 0 Å². The van der Waals surface area contributed by atoms with Gasteiger partial charge in [-0.1, -0.05) is 42.0 Å². The number of ether oxygens (including phenoxy) is 1. The fraction of sp³-hybridized carbons (Fsp3) is 0.520. The van der Waals surface area contributed by atoms with E-state index in [1.807, 2.05) is 12.1 Å². The Balaban J connectivity index is 1.18. The maximum atomic E-state index is 10.4.